The van der Waals surface area contributed by atoms with Crippen molar-refractivity contribution in [3.63, 3.8) is 0 Å². The van der Waals surface area contributed by atoms with E-state index in [0.717, 1.165) is 19.4 Å². The highest BCUT2D eigenvalue weighted by Crippen LogP contribution is 2.14. The van der Waals surface area contributed by atoms with Crippen molar-refractivity contribution in [2.24, 2.45) is 5.92 Å². The summed E-state index contributed by atoms with van der Waals surface area (Å²) in [6, 6.07) is 8.32. The van der Waals surface area contributed by atoms with Crippen LogP contribution in [0.3, 0.4) is 0 Å². The lowest BCUT2D eigenvalue weighted by Gasteiger charge is -2.11. The van der Waals surface area contributed by atoms with Crippen LogP contribution in [0.2, 0.25) is 0 Å². The van der Waals surface area contributed by atoms with Gasteiger partial charge < -0.3 is 5.32 Å². The number of carbonyl (C=O) groups excluding carboxylic acids is 1. The van der Waals surface area contributed by atoms with Gasteiger partial charge in [0, 0.05) is 6.54 Å². The quantitative estimate of drug-likeness (QED) is 0.631. The summed E-state index contributed by atoms with van der Waals surface area (Å²) in [5.74, 6) is 0.773. The molecular weight excluding hydrogens is 258 g/mol. The van der Waals surface area contributed by atoms with Gasteiger partial charge in [-0.25, -0.2) is 0 Å². The first-order valence-electron chi connectivity index (χ1n) is 8.47. The lowest BCUT2D eigenvalue weighted by molar-refractivity contribution is -0.120. The van der Waals surface area contributed by atoms with Gasteiger partial charge in [0.05, 0.1) is 6.42 Å². The van der Waals surface area contributed by atoms with E-state index in [-0.39, 0.29) is 5.91 Å². The molecule has 0 bridgehead atoms. The third-order valence-electron chi connectivity index (χ3n) is 3.70. The Morgan fingerprint density at radius 2 is 1.71 bits per heavy atom. The maximum atomic E-state index is 12.0. The number of carbonyl (C=O) groups is 1. The second kappa shape index (κ2) is 10.4. The minimum atomic E-state index is 0.154. The molecule has 1 aromatic carbocycles. The summed E-state index contributed by atoms with van der Waals surface area (Å²) in [7, 11) is 0. The molecule has 1 amide bonds. The Hall–Kier alpha value is -1.31. The van der Waals surface area contributed by atoms with Crippen LogP contribution in [0.15, 0.2) is 24.3 Å². The predicted octanol–water partition coefficient (Wildman–Crippen LogP) is 4.51. The highest BCUT2D eigenvalue weighted by Gasteiger charge is 2.08. The average Bonchev–Trinajstić information content (AvgIpc) is 2.44. The first-order chi connectivity index (χ1) is 10.1. The fourth-order valence-electron chi connectivity index (χ4n) is 2.56. The van der Waals surface area contributed by atoms with Crippen molar-refractivity contribution in [2.45, 2.75) is 65.7 Å². The van der Waals surface area contributed by atoms with E-state index >= 15 is 0 Å². The monoisotopic (exact) mass is 289 g/mol. The number of benzene rings is 1. The normalized spacial score (nSPS) is 10.9. The molecule has 1 N–H and O–H groups in total. The molecule has 1 rings (SSSR count). The van der Waals surface area contributed by atoms with Gasteiger partial charge in [0.2, 0.25) is 5.91 Å². The van der Waals surface area contributed by atoms with Gasteiger partial charge in [-0.1, -0.05) is 70.7 Å². The van der Waals surface area contributed by atoms with Crippen molar-refractivity contribution in [3.05, 3.63) is 35.4 Å². The van der Waals surface area contributed by atoms with Gasteiger partial charge in [-0.05, 0) is 29.9 Å². The topological polar surface area (TPSA) is 29.1 Å². The molecule has 0 unspecified atom stereocenters. The molecular formula is C19H31NO. The third kappa shape index (κ3) is 7.89. The molecule has 0 radical (unpaired) electrons. The van der Waals surface area contributed by atoms with Crippen molar-refractivity contribution >= 4 is 5.91 Å². The lowest BCUT2D eigenvalue weighted by atomic mass is 9.96. The molecule has 0 fully saturated rings. The Morgan fingerprint density at radius 3 is 2.38 bits per heavy atom. The molecule has 0 heterocycles. The minimum absolute atomic E-state index is 0.154. The summed E-state index contributed by atoms with van der Waals surface area (Å²) >= 11 is 0. The molecule has 118 valence electrons. The fourth-order valence-corrected chi connectivity index (χ4v) is 2.56. The summed E-state index contributed by atoms with van der Waals surface area (Å²) in [6.45, 7) is 7.46. The number of rotatable bonds is 10. The van der Waals surface area contributed by atoms with Crippen LogP contribution in [0, 0.1) is 5.92 Å². The van der Waals surface area contributed by atoms with Crippen LogP contribution < -0.4 is 5.32 Å². The van der Waals surface area contributed by atoms with E-state index in [4.69, 9.17) is 0 Å². The zero-order chi connectivity index (χ0) is 15.5. The second-order valence-electron chi connectivity index (χ2n) is 6.31. The number of hydrogen-bond acceptors (Lipinski definition) is 1. The van der Waals surface area contributed by atoms with Crippen molar-refractivity contribution < 1.29 is 4.79 Å². The van der Waals surface area contributed by atoms with Crippen LogP contribution in [0.5, 0.6) is 0 Å². The van der Waals surface area contributed by atoms with E-state index in [1.807, 2.05) is 6.07 Å². The largest absolute Gasteiger partial charge is 0.356 e. The molecule has 1 aromatic rings. The summed E-state index contributed by atoms with van der Waals surface area (Å²) < 4.78 is 0. The zero-order valence-corrected chi connectivity index (χ0v) is 14.0. The number of hydrogen-bond donors (Lipinski definition) is 1. The molecule has 0 atom stereocenters. The van der Waals surface area contributed by atoms with Gasteiger partial charge in [-0.3, -0.25) is 4.79 Å². The van der Waals surface area contributed by atoms with E-state index in [1.54, 1.807) is 0 Å². The molecule has 2 heteroatoms. The molecule has 0 spiro atoms. The summed E-state index contributed by atoms with van der Waals surface area (Å²) in [6.07, 6.45) is 7.72. The predicted molar refractivity (Wildman–Crippen MR) is 90.5 cm³/mol. The molecule has 0 aliphatic carbocycles. The Balaban J connectivity index is 2.34. The van der Waals surface area contributed by atoms with E-state index in [2.05, 4.69) is 44.3 Å². The summed E-state index contributed by atoms with van der Waals surface area (Å²) in [5, 5.41) is 3.05. The highest BCUT2D eigenvalue weighted by atomic mass is 16.1. The standard InChI is InChI=1S/C19H31NO/c1-4-5-6-7-10-13-20-19(21)15-18-12-9-8-11-17(18)14-16(2)3/h8-9,11-12,16H,4-7,10,13-15H2,1-3H3,(H,20,21). The Labute approximate surface area is 130 Å². The van der Waals surface area contributed by atoms with Crippen LogP contribution in [-0.4, -0.2) is 12.5 Å². The van der Waals surface area contributed by atoms with Gasteiger partial charge >= 0.3 is 0 Å². The Morgan fingerprint density at radius 1 is 1.05 bits per heavy atom. The SMILES string of the molecule is CCCCCCCNC(=O)Cc1ccccc1CC(C)C. The number of amides is 1. The Kier molecular flexibility index (Phi) is 8.80. The third-order valence-corrected chi connectivity index (χ3v) is 3.70. The first kappa shape index (κ1) is 17.7. The van der Waals surface area contributed by atoms with Crippen molar-refractivity contribution in [2.75, 3.05) is 6.54 Å². The maximum Gasteiger partial charge on any atom is 0.224 e. The molecule has 0 saturated carbocycles. The van der Waals surface area contributed by atoms with Gasteiger partial charge in [-0.2, -0.15) is 0 Å². The first-order valence-corrected chi connectivity index (χ1v) is 8.47. The van der Waals surface area contributed by atoms with Gasteiger partial charge in [-0.15, -0.1) is 0 Å². The molecule has 2 nitrogen and oxygen atoms in total. The van der Waals surface area contributed by atoms with Crippen LogP contribution in [0.4, 0.5) is 0 Å². The molecule has 21 heavy (non-hydrogen) atoms. The van der Waals surface area contributed by atoms with Crippen LogP contribution in [0.1, 0.15) is 64.0 Å². The molecule has 0 aliphatic heterocycles. The smallest absolute Gasteiger partial charge is 0.224 e. The van der Waals surface area contributed by atoms with Crippen molar-refractivity contribution in [1.29, 1.82) is 0 Å². The van der Waals surface area contributed by atoms with Crippen LogP contribution in [0.25, 0.3) is 0 Å². The van der Waals surface area contributed by atoms with Crippen molar-refractivity contribution in [3.8, 4) is 0 Å². The Bertz CT molecular complexity index is 412. The summed E-state index contributed by atoms with van der Waals surface area (Å²) in [4.78, 5) is 12.0. The highest BCUT2D eigenvalue weighted by molar-refractivity contribution is 5.78. The van der Waals surface area contributed by atoms with Gasteiger partial charge in [0.25, 0.3) is 0 Å². The van der Waals surface area contributed by atoms with Gasteiger partial charge in [0.15, 0.2) is 0 Å². The van der Waals surface area contributed by atoms with E-state index in [9.17, 15) is 4.79 Å². The number of unbranched alkanes of at least 4 members (excludes halogenated alkanes) is 4. The van der Waals surface area contributed by atoms with Gasteiger partial charge in [0.1, 0.15) is 0 Å². The maximum absolute atomic E-state index is 12.0. The lowest BCUT2D eigenvalue weighted by Crippen LogP contribution is -2.26. The second-order valence-corrected chi connectivity index (χ2v) is 6.31. The molecule has 0 saturated heterocycles. The van der Waals surface area contributed by atoms with Crippen LogP contribution >= 0.6 is 0 Å². The van der Waals surface area contributed by atoms with Crippen LogP contribution in [-0.2, 0) is 17.6 Å². The molecule has 0 aliphatic rings. The minimum Gasteiger partial charge on any atom is -0.356 e. The average molecular weight is 289 g/mol. The van der Waals surface area contributed by atoms with E-state index in [0.29, 0.717) is 12.3 Å². The summed E-state index contributed by atoms with van der Waals surface area (Å²) in [5.41, 5.74) is 2.49. The van der Waals surface area contributed by atoms with Crippen molar-refractivity contribution in [1.82, 2.24) is 5.32 Å². The number of nitrogens with one attached hydrogen (secondary N) is 1. The van der Waals surface area contributed by atoms with E-state index < -0.39 is 0 Å². The fraction of sp³-hybridized carbons (Fsp3) is 0.632. The van der Waals surface area contributed by atoms with E-state index in [1.165, 1.54) is 36.8 Å². The molecule has 0 aromatic heterocycles. The zero-order valence-electron chi connectivity index (χ0n) is 14.0.